The monoisotopic (exact) mass is 323 g/mol. The Morgan fingerprint density at radius 2 is 0.682 bits per heavy atom. The Kier molecular flexibility index (Phi) is 7.24. The fourth-order valence-corrected chi connectivity index (χ4v) is 7.36. The second-order valence-electron chi connectivity index (χ2n) is 7.94. The molecule has 3 saturated carbocycles. The average molecular weight is 324 g/mol. The Labute approximate surface area is 139 Å². The molecule has 0 spiro atoms. The number of rotatable bonds is 6. The van der Waals surface area contributed by atoms with Crippen LogP contribution < -0.4 is 14.9 Å². The van der Waals surface area contributed by atoms with E-state index in [2.05, 4.69) is 14.9 Å². The van der Waals surface area contributed by atoms with Gasteiger partial charge < -0.3 is 14.9 Å². The molecular weight excluding hydrogens is 286 g/mol. The van der Waals surface area contributed by atoms with Gasteiger partial charge >= 0.3 is 0 Å². The van der Waals surface area contributed by atoms with E-state index in [9.17, 15) is 0 Å². The predicted octanol–water partition coefficient (Wildman–Crippen LogP) is 3.47. The van der Waals surface area contributed by atoms with Crippen LogP contribution in [0, 0.1) is 0 Å². The molecule has 0 amide bonds. The minimum Gasteiger partial charge on any atom is -0.313 e. The van der Waals surface area contributed by atoms with Gasteiger partial charge in [0, 0.05) is 18.1 Å². The van der Waals surface area contributed by atoms with Crippen LogP contribution in [0.25, 0.3) is 0 Å². The van der Waals surface area contributed by atoms with Crippen LogP contribution in [0.5, 0.6) is 0 Å². The van der Waals surface area contributed by atoms with E-state index in [0.29, 0.717) is 0 Å². The summed E-state index contributed by atoms with van der Waals surface area (Å²) in [4.78, 5) is 12.2. The highest BCUT2D eigenvalue weighted by Crippen LogP contribution is 2.21. The van der Waals surface area contributed by atoms with Gasteiger partial charge in [-0.25, -0.2) is 0 Å². The summed E-state index contributed by atoms with van der Waals surface area (Å²) >= 11 is 0. The maximum atomic E-state index is 4.07. The summed E-state index contributed by atoms with van der Waals surface area (Å²) in [5, 5.41) is 0. The van der Waals surface area contributed by atoms with Crippen molar-refractivity contribution >= 4 is 9.28 Å². The first-order chi connectivity index (χ1) is 10.9. The van der Waals surface area contributed by atoms with E-state index >= 15 is 0 Å². The molecule has 0 heterocycles. The molecule has 3 aliphatic carbocycles. The molecule has 22 heavy (non-hydrogen) atoms. The van der Waals surface area contributed by atoms with Crippen molar-refractivity contribution in [1.29, 1.82) is 0 Å². The minimum absolute atomic E-state index is 0.789. The highest BCUT2D eigenvalue weighted by Gasteiger charge is 2.26. The average Bonchev–Trinajstić information content (AvgIpc) is 2.57. The number of hydrogen-bond acceptors (Lipinski definition) is 3. The van der Waals surface area contributed by atoms with Crippen molar-refractivity contribution in [2.24, 2.45) is 0 Å². The summed E-state index contributed by atoms with van der Waals surface area (Å²) in [5.41, 5.74) is 0. The highest BCUT2D eigenvalue weighted by atomic mass is 28.3. The summed E-state index contributed by atoms with van der Waals surface area (Å²) in [6, 6.07) is 2.37. The van der Waals surface area contributed by atoms with Crippen LogP contribution in [-0.4, -0.2) is 27.4 Å². The summed E-state index contributed by atoms with van der Waals surface area (Å²) in [6.07, 6.45) is 21.4. The molecule has 3 aliphatic rings. The van der Waals surface area contributed by atoms with Crippen LogP contribution >= 0.6 is 0 Å². The molecule has 3 nitrogen and oxygen atoms in total. The van der Waals surface area contributed by atoms with Gasteiger partial charge in [-0.1, -0.05) is 57.8 Å². The van der Waals surface area contributed by atoms with E-state index in [1.807, 2.05) is 0 Å². The minimum atomic E-state index is -1.20. The summed E-state index contributed by atoms with van der Waals surface area (Å²) in [5.74, 6) is 0. The zero-order valence-electron chi connectivity index (χ0n) is 14.4. The fraction of sp³-hybridized carbons (Fsp3) is 1.00. The maximum absolute atomic E-state index is 4.07. The second kappa shape index (κ2) is 9.41. The van der Waals surface area contributed by atoms with Crippen LogP contribution in [0.1, 0.15) is 96.3 Å². The van der Waals surface area contributed by atoms with Gasteiger partial charge in [-0.05, 0) is 38.5 Å². The van der Waals surface area contributed by atoms with E-state index in [1.165, 1.54) is 96.3 Å². The highest BCUT2D eigenvalue weighted by molar-refractivity contribution is 6.50. The Morgan fingerprint density at radius 3 is 0.955 bits per heavy atom. The number of hydrogen-bond donors (Lipinski definition) is 3. The largest absolute Gasteiger partial charge is 0.313 e. The van der Waals surface area contributed by atoms with Crippen LogP contribution in [-0.2, 0) is 0 Å². The molecule has 0 aromatic heterocycles. The van der Waals surface area contributed by atoms with E-state index in [0.717, 1.165) is 18.1 Å². The van der Waals surface area contributed by atoms with Crippen LogP contribution in [0.2, 0.25) is 0 Å². The van der Waals surface area contributed by atoms with Crippen LogP contribution in [0.3, 0.4) is 0 Å². The quantitative estimate of drug-likeness (QED) is 0.655. The zero-order chi connectivity index (χ0) is 15.0. The van der Waals surface area contributed by atoms with Gasteiger partial charge in [0.15, 0.2) is 0 Å². The van der Waals surface area contributed by atoms with Crippen molar-refractivity contribution in [3.05, 3.63) is 0 Å². The molecule has 0 aliphatic heterocycles. The molecule has 0 radical (unpaired) electrons. The molecule has 128 valence electrons. The van der Waals surface area contributed by atoms with Crippen LogP contribution in [0.15, 0.2) is 0 Å². The lowest BCUT2D eigenvalue weighted by Gasteiger charge is -2.35. The molecule has 0 bridgehead atoms. The van der Waals surface area contributed by atoms with E-state index in [4.69, 9.17) is 0 Å². The third kappa shape index (κ3) is 5.62. The Balaban J connectivity index is 1.50. The first-order valence-corrected chi connectivity index (χ1v) is 11.9. The third-order valence-electron chi connectivity index (χ3n) is 6.02. The van der Waals surface area contributed by atoms with Gasteiger partial charge in [0.25, 0.3) is 9.28 Å². The van der Waals surface area contributed by atoms with Crippen molar-refractivity contribution in [1.82, 2.24) is 14.9 Å². The molecule has 0 aromatic carbocycles. The van der Waals surface area contributed by atoms with Gasteiger partial charge in [0.05, 0.1) is 0 Å². The molecule has 0 aromatic rings. The first kappa shape index (κ1) is 16.9. The van der Waals surface area contributed by atoms with Crippen LogP contribution in [0.4, 0.5) is 0 Å². The van der Waals surface area contributed by atoms with Crippen molar-refractivity contribution in [3.63, 3.8) is 0 Å². The topological polar surface area (TPSA) is 36.1 Å². The molecule has 4 heteroatoms. The van der Waals surface area contributed by atoms with Crippen molar-refractivity contribution in [2.75, 3.05) is 0 Å². The molecule has 0 saturated heterocycles. The standard InChI is InChI=1S/C18H37N3Si/c1-4-10-16(11-5-1)19-22(20-17-12-6-2-7-13-17)21-18-14-8-3-9-15-18/h16-22H,1-15H2. The predicted molar refractivity (Wildman–Crippen MR) is 97.2 cm³/mol. The lowest BCUT2D eigenvalue weighted by molar-refractivity contribution is 0.375. The Bertz CT molecular complexity index is 247. The van der Waals surface area contributed by atoms with E-state index in [-0.39, 0.29) is 0 Å². The Hall–Kier alpha value is 0.0969. The van der Waals surface area contributed by atoms with E-state index in [1.54, 1.807) is 0 Å². The molecule has 0 atom stereocenters. The molecule has 3 N–H and O–H groups in total. The van der Waals surface area contributed by atoms with Gasteiger partial charge in [-0.2, -0.15) is 0 Å². The second-order valence-corrected chi connectivity index (χ2v) is 9.80. The zero-order valence-corrected chi connectivity index (χ0v) is 15.6. The van der Waals surface area contributed by atoms with Crippen molar-refractivity contribution < 1.29 is 0 Å². The molecule has 3 rings (SSSR count). The summed E-state index contributed by atoms with van der Waals surface area (Å²) in [7, 11) is -1.20. The molecular formula is C18H37N3Si. The Morgan fingerprint density at radius 1 is 0.409 bits per heavy atom. The van der Waals surface area contributed by atoms with Crippen molar-refractivity contribution in [2.45, 2.75) is 114 Å². The third-order valence-corrected chi connectivity index (χ3v) is 8.44. The normalized spacial score (nSPS) is 26.6. The number of nitrogens with one attached hydrogen (secondary N) is 3. The molecule has 0 unspecified atom stereocenters. The summed E-state index contributed by atoms with van der Waals surface area (Å²) < 4.78 is 0. The van der Waals surface area contributed by atoms with Crippen molar-refractivity contribution in [3.8, 4) is 0 Å². The lowest BCUT2D eigenvalue weighted by atomic mass is 9.96. The maximum Gasteiger partial charge on any atom is 0.265 e. The van der Waals surface area contributed by atoms with Gasteiger partial charge in [-0.15, -0.1) is 0 Å². The fourth-order valence-electron chi connectivity index (χ4n) is 4.66. The summed E-state index contributed by atoms with van der Waals surface area (Å²) in [6.45, 7) is 0. The van der Waals surface area contributed by atoms with Gasteiger partial charge in [0.2, 0.25) is 0 Å². The molecule has 3 fully saturated rings. The van der Waals surface area contributed by atoms with E-state index < -0.39 is 9.28 Å². The van der Waals surface area contributed by atoms with Gasteiger partial charge in [0.1, 0.15) is 0 Å². The SMILES string of the molecule is C1CCC(N[SiH](NC2CCCCC2)NC2CCCCC2)CC1. The lowest BCUT2D eigenvalue weighted by Crippen LogP contribution is -2.66. The van der Waals surface area contributed by atoms with Gasteiger partial charge in [-0.3, -0.25) is 0 Å². The first-order valence-electron chi connectivity index (χ1n) is 10.2. The smallest absolute Gasteiger partial charge is 0.265 e.